The van der Waals surface area contributed by atoms with E-state index < -0.39 is 10.0 Å². The van der Waals surface area contributed by atoms with E-state index in [9.17, 15) is 8.42 Å². The van der Waals surface area contributed by atoms with Gasteiger partial charge in [-0.1, -0.05) is 27.2 Å². The number of aromatic nitrogens is 2. The van der Waals surface area contributed by atoms with Crippen LogP contribution in [0.25, 0.3) is 0 Å². The average molecular weight is 274 g/mol. The molecule has 1 rings (SSSR count). The van der Waals surface area contributed by atoms with Crippen LogP contribution >= 0.6 is 0 Å². The summed E-state index contributed by atoms with van der Waals surface area (Å²) in [6.45, 7) is 6.97. The second-order valence-corrected chi connectivity index (χ2v) is 6.22. The molecular formula is C11H22N4O2S. The SMILES string of the molecule is CCCCNS(=O)(=O)c1[nH]ncc1CNC(C)C. The topological polar surface area (TPSA) is 86.9 Å². The molecule has 6 nitrogen and oxygen atoms in total. The number of nitrogens with zero attached hydrogens (tertiary/aromatic N) is 1. The lowest BCUT2D eigenvalue weighted by atomic mass is 10.3. The Morgan fingerprint density at radius 2 is 2.17 bits per heavy atom. The molecule has 1 heterocycles. The van der Waals surface area contributed by atoms with Crippen LogP contribution in [0, 0.1) is 0 Å². The summed E-state index contributed by atoms with van der Waals surface area (Å²) in [5, 5.41) is 9.70. The highest BCUT2D eigenvalue weighted by atomic mass is 32.2. The van der Waals surface area contributed by atoms with Crippen LogP contribution in [0.5, 0.6) is 0 Å². The first-order valence-electron chi connectivity index (χ1n) is 6.22. The Labute approximate surface area is 109 Å². The highest BCUT2D eigenvalue weighted by Crippen LogP contribution is 2.11. The van der Waals surface area contributed by atoms with Crippen LogP contribution in [-0.2, 0) is 16.6 Å². The fourth-order valence-electron chi connectivity index (χ4n) is 1.43. The van der Waals surface area contributed by atoms with Gasteiger partial charge >= 0.3 is 0 Å². The maximum absolute atomic E-state index is 12.0. The predicted octanol–water partition coefficient (Wildman–Crippen LogP) is 0.986. The van der Waals surface area contributed by atoms with Crippen molar-refractivity contribution < 1.29 is 8.42 Å². The third-order valence-electron chi connectivity index (χ3n) is 2.47. The second-order valence-electron chi connectivity index (χ2n) is 4.51. The van der Waals surface area contributed by atoms with E-state index >= 15 is 0 Å². The average Bonchev–Trinajstić information content (AvgIpc) is 2.75. The number of rotatable bonds is 8. The highest BCUT2D eigenvalue weighted by Gasteiger charge is 2.19. The van der Waals surface area contributed by atoms with E-state index in [-0.39, 0.29) is 5.03 Å². The van der Waals surface area contributed by atoms with Crippen LogP contribution in [0.4, 0.5) is 0 Å². The molecule has 0 aromatic carbocycles. The van der Waals surface area contributed by atoms with Crippen molar-refractivity contribution in [2.24, 2.45) is 0 Å². The minimum atomic E-state index is -3.48. The molecule has 1 aromatic rings. The molecule has 0 atom stereocenters. The Hall–Kier alpha value is -0.920. The molecule has 18 heavy (non-hydrogen) atoms. The van der Waals surface area contributed by atoms with Gasteiger partial charge in [0.25, 0.3) is 10.0 Å². The van der Waals surface area contributed by atoms with Gasteiger partial charge < -0.3 is 5.32 Å². The maximum atomic E-state index is 12.0. The molecule has 0 bridgehead atoms. The summed E-state index contributed by atoms with van der Waals surface area (Å²) in [4.78, 5) is 0. The van der Waals surface area contributed by atoms with Gasteiger partial charge in [0, 0.05) is 24.7 Å². The summed E-state index contributed by atoms with van der Waals surface area (Å²) < 4.78 is 26.6. The zero-order valence-electron chi connectivity index (χ0n) is 11.2. The molecule has 1 aromatic heterocycles. The zero-order chi connectivity index (χ0) is 13.6. The minimum absolute atomic E-state index is 0.159. The molecule has 0 aliphatic carbocycles. The number of nitrogens with one attached hydrogen (secondary N) is 3. The number of aromatic amines is 1. The van der Waals surface area contributed by atoms with Gasteiger partial charge in [-0.2, -0.15) is 5.10 Å². The normalized spacial score (nSPS) is 12.2. The molecule has 0 aliphatic rings. The summed E-state index contributed by atoms with van der Waals surface area (Å²) in [6, 6.07) is 0.295. The molecule has 0 spiro atoms. The first-order valence-corrected chi connectivity index (χ1v) is 7.71. The van der Waals surface area contributed by atoms with Crippen LogP contribution < -0.4 is 10.0 Å². The minimum Gasteiger partial charge on any atom is -0.310 e. The van der Waals surface area contributed by atoms with Crippen molar-refractivity contribution in [1.29, 1.82) is 0 Å². The zero-order valence-corrected chi connectivity index (χ0v) is 12.0. The maximum Gasteiger partial charge on any atom is 0.257 e. The standard InChI is InChI=1S/C11H22N4O2S/c1-4-5-6-14-18(16,17)11-10(8-13-15-11)7-12-9(2)3/h8-9,12,14H,4-7H2,1-3H3,(H,13,15). The fraction of sp³-hybridized carbons (Fsp3) is 0.727. The molecule has 0 saturated heterocycles. The molecule has 0 saturated carbocycles. The lowest BCUT2D eigenvalue weighted by Gasteiger charge is -2.09. The van der Waals surface area contributed by atoms with Crippen molar-refractivity contribution in [2.75, 3.05) is 6.54 Å². The van der Waals surface area contributed by atoms with Gasteiger partial charge in [-0.25, -0.2) is 13.1 Å². The number of unbranched alkanes of at least 4 members (excludes halogenated alkanes) is 1. The Bertz CT molecular complexity index is 453. The van der Waals surface area contributed by atoms with Crippen LogP contribution in [-0.4, -0.2) is 31.2 Å². The van der Waals surface area contributed by atoms with E-state index in [1.807, 2.05) is 20.8 Å². The van der Waals surface area contributed by atoms with Crippen molar-refractivity contribution in [1.82, 2.24) is 20.2 Å². The van der Waals surface area contributed by atoms with Crippen LogP contribution in [0.3, 0.4) is 0 Å². The molecular weight excluding hydrogens is 252 g/mol. The summed E-state index contributed by atoms with van der Waals surface area (Å²) in [7, 11) is -3.48. The summed E-state index contributed by atoms with van der Waals surface area (Å²) in [5.41, 5.74) is 0.660. The number of hydrogen-bond donors (Lipinski definition) is 3. The van der Waals surface area contributed by atoms with Gasteiger partial charge in [0.05, 0.1) is 6.20 Å². The lowest BCUT2D eigenvalue weighted by molar-refractivity contribution is 0.562. The van der Waals surface area contributed by atoms with E-state index in [0.717, 1.165) is 12.8 Å². The third-order valence-corrected chi connectivity index (χ3v) is 3.95. The number of hydrogen-bond acceptors (Lipinski definition) is 4. The molecule has 0 amide bonds. The number of H-pyrrole nitrogens is 1. The fourth-order valence-corrected chi connectivity index (χ4v) is 2.63. The quantitative estimate of drug-likeness (QED) is 0.617. The molecule has 3 N–H and O–H groups in total. The van der Waals surface area contributed by atoms with Crippen LogP contribution in [0.1, 0.15) is 39.2 Å². The highest BCUT2D eigenvalue weighted by molar-refractivity contribution is 7.89. The molecule has 0 aliphatic heterocycles. The Kier molecular flexibility index (Phi) is 5.77. The van der Waals surface area contributed by atoms with E-state index in [1.54, 1.807) is 6.20 Å². The largest absolute Gasteiger partial charge is 0.310 e. The van der Waals surface area contributed by atoms with Gasteiger partial charge in [-0.15, -0.1) is 0 Å². The van der Waals surface area contributed by atoms with Gasteiger partial charge in [0.2, 0.25) is 0 Å². The Morgan fingerprint density at radius 1 is 1.44 bits per heavy atom. The lowest BCUT2D eigenvalue weighted by Crippen LogP contribution is -2.28. The monoisotopic (exact) mass is 274 g/mol. The Morgan fingerprint density at radius 3 is 2.78 bits per heavy atom. The van der Waals surface area contributed by atoms with Crippen molar-refractivity contribution >= 4 is 10.0 Å². The first kappa shape index (κ1) is 15.1. The van der Waals surface area contributed by atoms with Gasteiger partial charge in [-0.3, -0.25) is 5.10 Å². The molecule has 104 valence electrons. The van der Waals surface area contributed by atoms with Crippen LogP contribution in [0.15, 0.2) is 11.2 Å². The van der Waals surface area contributed by atoms with Crippen molar-refractivity contribution in [3.8, 4) is 0 Å². The van der Waals surface area contributed by atoms with Crippen molar-refractivity contribution in [2.45, 2.75) is 51.2 Å². The van der Waals surface area contributed by atoms with E-state index in [1.165, 1.54) is 0 Å². The second kappa shape index (κ2) is 6.86. The summed E-state index contributed by atoms with van der Waals surface area (Å²) in [6.07, 6.45) is 3.32. The van der Waals surface area contributed by atoms with E-state index in [4.69, 9.17) is 0 Å². The first-order chi connectivity index (χ1) is 8.47. The smallest absolute Gasteiger partial charge is 0.257 e. The van der Waals surface area contributed by atoms with Gasteiger partial charge in [0.1, 0.15) is 0 Å². The summed E-state index contributed by atoms with van der Waals surface area (Å²) in [5.74, 6) is 0. The predicted molar refractivity (Wildman–Crippen MR) is 70.7 cm³/mol. The van der Waals surface area contributed by atoms with Gasteiger partial charge in [-0.05, 0) is 6.42 Å². The molecule has 0 unspecified atom stereocenters. The third kappa shape index (κ3) is 4.40. The van der Waals surface area contributed by atoms with Crippen molar-refractivity contribution in [3.63, 3.8) is 0 Å². The molecule has 0 radical (unpaired) electrons. The molecule has 7 heteroatoms. The number of sulfonamides is 1. The van der Waals surface area contributed by atoms with E-state index in [2.05, 4.69) is 20.2 Å². The Balaban J connectivity index is 2.73. The van der Waals surface area contributed by atoms with Crippen LogP contribution in [0.2, 0.25) is 0 Å². The summed E-state index contributed by atoms with van der Waals surface area (Å²) >= 11 is 0. The van der Waals surface area contributed by atoms with Crippen molar-refractivity contribution in [3.05, 3.63) is 11.8 Å². The van der Waals surface area contributed by atoms with Gasteiger partial charge in [0.15, 0.2) is 5.03 Å². The van der Waals surface area contributed by atoms with E-state index in [0.29, 0.717) is 24.7 Å². The molecule has 0 fully saturated rings.